The first-order valence-electron chi connectivity index (χ1n) is 7.84. The molecule has 0 bridgehead atoms. The Morgan fingerprint density at radius 1 is 1.19 bits per heavy atom. The summed E-state index contributed by atoms with van der Waals surface area (Å²) in [5.74, 6) is -0.893. The fraction of sp³-hybridized carbons (Fsp3) is 0.158. The second-order valence-corrected chi connectivity index (χ2v) is 7.86. The lowest BCUT2D eigenvalue weighted by molar-refractivity contribution is -0.136. The minimum absolute atomic E-state index is 0.0870. The molecular weight excluding hydrogens is 391 g/mol. The summed E-state index contributed by atoms with van der Waals surface area (Å²) < 4.78 is 0. The summed E-state index contributed by atoms with van der Waals surface area (Å²) >= 11 is 13.4. The Morgan fingerprint density at radius 2 is 1.96 bits per heavy atom. The van der Waals surface area contributed by atoms with Gasteiger partial charge in [0.2, 0.25) is 0 Å². The lowest BCUT2D eigenvalue weighted by Crippen LogP contribution is -2.00. The first kappa shape index (κ1) is 18.7. The van der Waals surface area contributed by atoms with Crippen LogP contribution in [0.3, 0.4) is 0 Å². The summed E-state index contributed by atoms with van der Waals surface area (Å²) in [4.78, 5) is 16.6. The summed E-state index contributed by atoms with van der Waals surface area (Å²) in [5.41, 5.74) is 4.48. The molecule has 0 saturated heterocycles. The maximum absolute atomic E-state index is 11.3. The Balaban J connectivity index is 2.02. The van der Waals surface area contributed by atoms with Crippen LogP contribution >= 0.6 is 34.5 Å². The molecule has 0 atom stereocenters. The molecule has 0 amide bonds. The topological polar surface area (TPSA) is 62.2 Å². The van der Waals surface area contributed by atoms with Crippen molar-refractivity contribution in [3.05, 3.63) is 62.4 Å². The number of hydrogen-bond donors (Lipinski definition) is 2. The number of nitrogens with one attached hydrogen (secondary N) is 1. The summed E-state index contributed by atoms with van der Waals surface area (Å²) in [6, 6.07) is 11.2. The van der Waals surface area contributed by atoms with E-state index in [0.717, 1.165) is 16.7 Å². The number of benzene rings is 2. The van der Waals surface area contributed by atoms with Gasteiger partial charge in [-0.05, 0) is 37.6 Å². The number of carboxylic acids is 1. The zero-order valence-electron chi connectivity index (χ0n) is 14.1. The zero-order valence-corrected chi connectivity index (χ0v) is 16.5. The summed E-state index contributed by atoms with van der Waals surface area (Å²) in [7, 11) is 0. The van der Waals surface area contributed by atoms with Gasteiger partial charge < -0.3 is 10.4 Å². The highest BCUT2D eigenvalue weighted by atomic mass is 35.5. The molecule has 3 rings (SSSR count). The van der Waals surface area contributed by atoms with Crippen LogP contribution in [0.2, 0.25) is 10.0 Å². The van der Waals surface area contributed by atoms with E-state index in [-0.39, 0.29) is 6.42 Å². The average molecular weight is 407 g/mol. The Morgan fingerprint density at radius 3 is 2.62 bits per heavy atom. The van der Waals surface area contributed by atoms with Crippen LogP contribution in [-0.2, 0) is 11.2 Å². The third-order valence-electron chi connectivity index (χ3n) is 3.82. The molecule has 0 radical (unpaired) electrons. The molecule has 0 fully saturated rings. The number of thiazole rings is 1. The van der Waals surface area contributed by atoms with E-state index >= 15 is 0 Å². The molecule has 0 aliphatic heterocycles. The minimum Gasteiger partial charge on any atom is -0.481 e. The van der Waals surface area contributed by atoms with Gasteiger partial charge in [0.1, 0.15) is 0 Å². The van der Waals surface area contributed by atoms with E-state index in [1.165, 1.54) is 11.3 Å². The summed E-state index contributed by atoms with van der Waals surface area (Å²) in [6.45, 7) is 4.01. The van der Waals surface area contributed by atoms with Gasteiger partial charge in [0, 0.05) is 15.5 Å². The molecule has 0 aliphatic rings. The predicted octanol–water partition coefficient (Wildman–Crippen LogP) is 6.10. The summed E-state index contributed by atoms with van der Waals surface area (Å²) in [6.07, 6.45) is -0.0870. The number of anilines is 2. The van der Waals surface area contributed by atoms with Gasteiger partial charge in [-0.1, -0.05) is 47.0 Å². The van der Waals surface area contributed by atoms with E-state index in [4.69, 9.17) is 23.2 Å². The van der Waals surface area contributed by atoms with Crippen molar-refractivity contribution in [1.82, 2.24) is 4.98 Å². The van der Waals surface area contributed by atoms with Crippen LogP contribution in [0.1, 0.15) is 16.0 Å². The molecule has 2 N–H and O–H groups in total. The maximum atomic E-state index is 11.3. The maximum Gasteiger partial charge on any atom is 0.308 e. The first-order valence-corrected chi connectivity index (χ1v) is 9.42. The third kappa shape index (κ3) is 4.18. The van der Waals surface area contributed by atoms with E-state index < -0.39 is 5.97 Å². The highest BCUT2D eigenvalue weighted by Crippen LogP contribution is 2.36. The van der Waals surface area contributed by atoms with Crippen molar-refractivity contribution in [2.75, 3.05) is 5.32 Å². The number of rotatable bonds is 5. The van der Waals surface area contributed by atoms with Gasteiger partial charge in [-0.15, -0.1) is 11.3 Å². The smallest absolute Gasteiger partial charge is 0.308 e. The van der Waals surface area contributed by atoms with Gasteiger partial charge in [0.05, 0.1) is 22.8 Å². The predicted molar refractivity (Wildman–Crippen MR) is 108 cm³/mol. The van der Waals surface area contributed by atoms with Crippen LogP contribution in [-0.4, -0.2) is 16.1 Å². The van der Waals surface area contributed by atoms with Crippen LogP contribution in [0, 0.1) is 13.8 Å². The number of aromatic nitrogens is 1. The van der Waals surface area contributed by atoms with E-state index in [1.54, 1.807) is 18.2 Å². The average Bonchev–Trinajstić information content (AvgIpc) is 2.91. The van der Waals surface area contributed by atoms with Crippen molar-refractivity contribution in [3.8, 4) is 11.3 Å². The quantitative estimate of drug-likeness (QED) is 0.536. The zero-order chi connectivity index (χ0) is 18.8. The molecule has 1 heterocycles. The van der Waals surface area contributed by atoms with Gasteiger partial charge in [-0.2, -0.15) is 0 Å². The highest BCUT2D eigenvalue weighted by Gasteiger charge is 2.18. The molecular formula is C19H16Cl2N2O2S. The molecule has 134 valence electrons. The molecule has 7 heteroatoms. The van der Waals surface area contributed by atoms with Gasteiger partial charge >= 0.3 is 5.97 Å². The van der Waals surface area contributed by atoms with E-state index in [2.05, 4.69) is 16.4 Å². The lowest BCUT2D eigenvalue weighted by Gasteiger charge is -2.06. The number of carboxylic acid groups (broad SMARTS) is 1. The molecule has 26 heavy (non-hydrogen) atoms. The van der Waals surface area contributed by atoms with Crippen LogP contribution in [0.15, 0.2) is 36.4 Å². The molecule has 0 spiro atoms. The number of halogens is 2. The molecule has 4 nitrogen and oxygen atoms in total. The van der Waals surface area contributed by atoms with Crippen LogP contribution in [0.5, 0.6) is 0 Å². The van der Waals surface area contributed by atoms with E-state index in [1.807, 2.05) is 26.0 Å². The Hall–Kier alpha value is -2.08. The monoisotopic (exact) mass is 406 g/mol. The van der Waals surface area contributed by atoms with E-state index in [0.29, 0.717) is 31.4 Å². The first-order chi connectivity index (χ1) is 12.3. The largest absolute Gasteiger partial charge is 0.481 e. The number of aliphatic carboxylic acids is 1. The van der Waals surface area contributed by atoms with Crippen molar-refractivity contribution >= 4 is 51.3 Å². The van der Waals surface area contributed by atoms with Crippen molar-refractivity contribution in [2.45, 2.75) is 20.3 Å². The van der Waals surface area contributed by atoms with Gasteiger partial charge in [-0.3, -0.25) is 4.79 Å². The Kier molecular flexibility index (Phi) is 5.51. The number of carbonyl (C=O) groups is 1. The fourth-order valence-electron chi connectivity index (χ4n) is 2.66. The number of hydrogen-bond acceptors (Lipinski definition) is 4. The van der Waals surface area contributed by atoms with E-state index in [9.17, 15) is 9.90 Å². The minimum atomic E-state index is -0.893. The lowest BCUT2D eigenvalue weighted by atomic mass is 10.0. The standard InChI is InChI=1S/C19H16Cl2N2O2S/c1-10-3-5-13(11(2)7-10)18-16(9-17(24)25)26-19(23-18)22-15-6-4-12(20)8-14(15)21/h3-8H,9H2,1-2H3,(H,22,23)(H,24,25). The van der Waals surface area contributed by atoms with Crippen molar-refractivity contribution in [2.24, 2.45) is 0 Å². The molecule has 0 unspecified atom stereocenters. The molecule has 1 aromatic heterocycles. The third-order valence-corrected chi connectivity index (χ3v) is 5.34. The summed E-state index contributed by atoms with van der Waals surface area (Å²) in [5, 5.41) is 14.0. The molecule has 2 aromatic carbocycles. The number of aryl methyl sites for hydroxylation is 2. The Bertz CT molecular complexity index is 986. The molecule has 3 aromatic rings. The van der Waals surface area contributed by atoms with Crippen LogP contribution in [0.4, 0.5) is 10.8 Å². The highest BCUT2D eigenvalue weighted by molar-refractivity contribution is 7.16. The van der Waals surface area contributed by atoms with Crippen molar-refractivity contribution in [1.29, 1.82) is 0 Å². The number of nitrogens with zero attached hydrogens (tertiary/aromatic N) is 1. The van der Waals surface area contributed by atoms with Crippen molar-refractivity contribution in [3.63, 3.8) is 0 Å². The van der Waals surface area contributed by atoms with Gasteiger partial charge in [-0.25, -0.2) is 4.98 Å². The van der Waals surface area contributed by atoms with Gasteiger partial charge in [0.15, 0.2) is 5.13 Å². The van der Waals surface area contributed by atoms with Crippen LogP contribution < -0.4 is 5.32 Å². The second-order valence-electron chi connectivity index (χ2n) is 5.93. The van der Waals surface area contributed by atoms with Gasteiger partial charge in [0.25, 0.3) is 0 Å². The van der Waals surface area contributed by atoms with Crippen LogP contribution in [0.25, 0.3) is 11.3 Å². The second kappa shape index (κ2) is 7.66. The SMILES string of the molecule is Cc1ccc(-c2nc(Nc3ccc(Cl)cc3Cl)sc2CC(=O)O)c(C)c1. The fourth-order valence-corrected chi connectivity index (χ4v) is 4.09. The molecule has 0 saturated carbocycles. The van der Waals surface area contributed by atoms with Crippen molar-refractivity contribution < 1.29 is 9.90 Å². The molecule has 0 aliphatic carbocycles. The Labute approximate surface area is 165 Å². The normalized spacial score (nSPS) is 10.8.